The van der Waals surface area contributed by atoms with Crippen molar-refractivity contribution in [2.75, 3.05) is 0 Å². The minimum Gasteiger partial charge on any atom is -0.295 e. The lowest BCUT2D eigenvalue weighted by atomic mass is 10.2. The number of ketones is 1. The summed E-state index contributed by atoms with van der Waals surface area (Å²) in [5.74, 6) is 0.159. The monoisotopic (exact) mass is 144 g/mol. The maximum Gasteiger partial charge on any atom is 0.155 e. The Bertz CT molecular complexity index is 84.7. The molecule has 0 amide bonds. The topological polar surface area (TPSA) is 17.1 Å². The normalized spacial score (nSPS) is 6.90. The molecule has 0 radical (unpaired) electrons. The van der Waals surface area contributed by atoms with Crippen molar-refractivity contribution in [1.29, 1.82) is 0 Å². The highest BCUT2D eigenvalue weighted by Crippen LogP contribution is 1.94. The summed E-state index contributed by atoms with van der Waals surface area (Å²) in [6.45, 7) is 5.43. The van der Waals surface area contributed by atoms with Crippen LogP contribution in [0.1, 0.15) is 41.0 Å². The fourth-order valence-electron chi connectivity index (χ4n) is 0.453. The van der Waals surface area contributed by atoms with Crippen molar-refractivity contribution in [3.05, 3.63) is 12.7 Å². The number of rotatable bonds is 4. The third-order valence-electron chi connectivity index (χ3n) is 1.00. The first-order valence-electron chi connectivity index (χ1n) is 2.96. The number of carbonyl (C=O) groups is 1. The lowest BCUT2D eigenvalue weighted by molar-refractivity contribution is -0.114. The molecule has 0 aromatic heterocycles. The van der Waals surface area contributed by atoms with E-state index in [4.69, 9.17) is 0 Å². The SMILES string of the molecule is C.C.C=CC(=O)CCCC. The summed E-state index contributed by atoms with van der Waals surface area (Å²) in [6.07, 6.45) is 4.13. The van der Waals surface area contributed by atoms with Crippen molar-refractivity contribution >= 4 is 5.78 Å². The predicted octanol–water partition coefficient (Wildman–Crippen LogP) is 3.20. The quantitative estimate of drug-likeness (QED) is 0.554. The zero-order valence-electron chi connectivity index (χ0n) is 5.31. The molecule has 0 bridgehead atoms. The number of hydrogen-bond donors (Lipinski definition) is 0. The lowest BCUT2D eigenvalue weighted by Crippen LogP contribution is -1.89. The Morgan fingerprint density at radius 2 is 2.00 bits per heavy atom. The Hall–Kier alpha value is -0.590. The molecule has 0 aromatic rings. The van der Waals surface area contributed by atoms with Crippen molar-refractivity contribution in [3.8, 4) is 0 Å². The number of allylic oxidation sites excluding steroid dienone is 1. The minimum atomic E-state index is 0. The van der Waals surface area contributed by atoms with Gasteiger partial charge in [-0.1, -0.05) is 34.8 Å². The van der Waals surface area contributed by atoms with Crippen LogP contribution in [0.15, 0.2) is 12.7 Å². The van der Waals surface area contributed by atoms with E-state index in [0.29, 0.717) is 6.42 Å². The largest absolute Gasteiger partial charge is 0.295 e. The second-order valence-electron chi connectivity index (χ2n) is 1.77. The number of carbonyl (C=O) groups excluding carboxylic acids is 1. The van der Waals surface area contributed by atoms with Gasteiger partial charge >= 0.3 is 0 Å². The van der Waals surface area contributed by atoms with E-state index in [1.54, 1.807) is 0 Å². The standard InChI is InChI=1S/C7H12O.2CH4/c1-3-5-6-7(8)4-2;;/h4H,2-3,5-6H2,1H3;2*1H4. The summed E-state index contributed by atoms with van der Waals surface area (Å²) in [5.41, 5.74) is 0. The molecule has 0 aromatic carbocycles. The fourth-order valence-corrected chi connectivity index (χ4v) is 0.453. The molecule has 0 unspecified atom stereocenters. The molecule has 10 heavy (non-hydrogen) atoms. The van der Waals surface area contributed by atoms with E-state index >= 15 is 0 Å². The molecule has 0 heterocycles. The number of unbranched alkanes of at least 4 members (excludes halogenated alkanes) is 1. The zero-order chi connectivity index (χ0) is 6.41. The van der Waals surface area contributed by atoms with Gasteiger partial charge in [0.25, 0.3) is 0 Å². The van der Waals surface area contributed by atoms with Crippen molar-refractivity contribution in [3.63, 3.8) is 0 Å². The third kappa shape index (κ3) is 10.4. The Kier molecular flexibility index (Phi) is 18.2. The molecule has 1 heteroatoms. The van der Waals surface area contributed by atoms with E-state index in [1.165, 1.54) is 6.08 Å². The Morgan fingerprint density at radius 3 is 2.30 bits per heavy atom. The van der Waals surface area contributed by atoms with Crippen LogP contribution in [-0.2, 0) is 4.79 Å². The smallest absolute Gasteiger partial charge is 0.155 e. The van der Waals surface area contributed by atoms with Crippen LogP contribution >= 0.6 is 0 Å². The maximum absolute atomic E-state index is 10.5. The van der Waals surface area contributed by atoms with E-state index in [-0.39, 0.29) is 20.6 Å². The zero-order valence-corrected chi connectivity index (χ0v) is 5.31. The molecule has 0 saturated carbocycles. The molecule has 0 saturated heterocycles. The van der Waals surface area contributed by atoms with Crippen molar-refractivity contribution < 1.29 is 4.79 Å². The van der Waals surface area contributed by atoms with Crippen LogP contribution in [0.25, 0.3) is 0 Å². The minimum absolute atomic E-state index is 0. The Balaban J connectivity index is -0.000000245. The fraction of sp³-hybridized carbons (Fsp3) is 0.667. The highest BCUT2D eigenvalue weighted by atomic mass is 16.1. The molecule has 0 atom stereocenters. The molecule has 1 nitrogen and oxygen atoms in total. The van der Waals surface area contributed by atoms with Crippen LogP contribution in [0.5, 0.6) is 0 Å². The van der Waals surface area contributed by atoms with Gasteiger partial charge in [-0.25, -0.2) is 0 Å². The van der Waals surface area contributed by atoms with Crippen molar-refractivity contribution in [2.24, 2.45) is 0 Å². The van der Waals surface area contributed by atoms with E-state index in [1.807, 2.05) is 0 Å². The second kappa shape index (κ2) is 11.2. The van der Waals surface area contributed by atoms with Crippen LogP contribution in [0.3, 0.4) is 0 Å². The predicted molar refractivity (Wildman–Crippen MR) is 48.2 cm³/mol. The molecule has 0 spiro atoms. The van der Waals surface area contributed by atoms with Crippen LogP contribution < -0.4 is 0 Å². The summed E-state index contributed by atoms with van der Waals surface area (Å²) >= 11 is 0. The lowest BCUT2D eigenvalue weighted by Gasteiger charge is -1.88. The average molecular weight is 144 g/mol. The Labute approximate surface area is 65.1 Å². The van der Waals surface area contributed by atoms with Gasteiger partial charge < -0.3 is 0 Å². The molecule has 0 aliphatic rings. The van der Waals surface area contributed by atoms with Gasteiger partial charge in [0.1, 0.15) is 0 Å². The van der Waals surface area contributed by atoms with Gasteiger partial charge in [0, 0.05) is 6.42 Å². The summed E-state index contributed by atoms with van der Waals surface area (Å²) in [5, 5.41) is 0. The van der Waals surface area contributed by atoms with E-state index < -0.39 is 0 Å². The molecular weight excluding hydrogens is 124 g/mol. The van der Waals surface area contributed by atoms with Crippen LogP contribution in [0.2, 0.25) is 0 Å². The van der Waals surface area contributed by atoms with Gasteiger partial charge in [0.15, 0.2) is 5.78 Å². The van der Waals surface area contributed by atoms with Gasteiger partial charge in [-0.15, -0.1) is 0 Å². The third-order valence-corrected chi connectivity index (χ3v) is 1.00. The molecular formula is C9H20O. The van der Waals surface area contributed by atoms with Gasteiger partial charge in [0.2, 0.25) is 0 Å². The Morgan fingerprint density at radius 1 is 1.50 bits per heavy atom. The van der Waals surface area contributed by atoms with Gasteiger partial charge in [0.05, 0.1) is 0 Å². The second-order valence-corrected chi connectivity index (χ2v) is 1.77. The maximum atomic E-state index is 10.5. The van der Waals surface area contributed by atoms with E-state index in [0.717, 1.165) is 12.8 Å². The van der Waals surface area contributed by atoms with Crippen molar-refractivity contribution in [2.45, 2.75) is 41.0 Å². The highest BCUT2D eigenvalue weighted by molar-refractivity contribution is 5.88. The van der Waals surface area contributed by atoms with Gasteiger partial charge in [-0.3, -0.25) is 4.79 Å². The van der Waals surface area contributed by atoms with E-state index in [9.17, 15) is 4.79 Å². The molecule has 0 aliphatic carbocycles. The summed E-state index contributed by atoms with van der Waals surface area (Å²) < 4.78 is 0. The van der Waals surface area contributed by atoms with Gasteiger partial charge in [-0.2, -0.15) is 0 Å². The first kappa shape index (κ1) is 16.2. The van der Waals surface area contributed by atoms with Crippen LogP contribution in [-0.4, -0.2) is 5.78 Å². The average Bonchev–Trinajstić information content (AvgIpc) is 1.83. The molecule has 0 N–H and O–H groups in total. The van der Waals surface area contributed by atoms with Crippen molar-refractivity contribution in [1.82, 2.24) is 0 Å². The first-order valence-corrected chi connectivity index (χ1v) is 2.96. The van der Waals surface area contributed by atoms with Crippen LogP contribution in [0, 0.1) is 0 Å². The summed E-state index contributed by atoms with van der Waals surface area (Å²) in [4.78, 5) is 10.5. The van der Waals surface area contributed by atoms with E-state index in [2.05, 4.69) is 13.5 Å². The molecule has 62 valence electrons. The highest BCUT2D eigenvalue weighted by Gasteiger charge is 1.90. The summed E-state index contributed by atoms with van der Waals surface area (Å²) in [6, 6.07) is 0. The van der Waals surface area contributed by atoms with Gasteiger partial charge in [-0.05, 0) is 12.5 Å². The molecule has 0 rings (SSSR count). The number of hydrogen-bond acceptors (Lipinski definition) is 1. The van der Waals surface area contributed by atoms with Crippen LogP contribution in [0.4, 0.5) is 0 Å². The molecule has 0 aliphatic heterocycles. The first-order chi connectivity index (χ1) is 3.81. The summed E-state index contributed by atoms with van der Waals surface area (Å²) in [7, 11) is 0. The molecule has 0 fully saturated rings.